The van der Waals surface area contributed by atoms with E-state index < -0.39 is 0 Å². The molecule has 0 N–H and O–H groups in total. The fourth-order valence-electron chi connectivity index (χ4n) is 1.72. The molecule has 0 heteroatoms. The molecule has 25 heavy (non-hydrogen) atoms. The third-order valence-corrected chi connectivity index (χ3v) is 3.41. The van der Waals surface area contributed by atoms with Crippen LogP contribution in [0.25, 0.3) is 5.57 Å². The van der Waals surface area contributed by atoms with Gasteiger partial charge in [0, 0.05) is 0 Å². The molecular formula is C25H44. The maximum absolute atomic E-state index is 3.83. The maximum atomic E-state index is 3.83. The second kappa shape index (κ2) is 22.2. The Bertz CT molecular complexity index is 430. The van der Waals surface area contributed by atoms with Crippen molar-refractivity contribution in [2.45, 2.75) is 74.1 Å². The smallest absolute Gasteiger partial charge is 0.0106 e. The zero-order chi connectivity index (χ0) is 20.9. The molecule has 1 aromatic rings. The molecule has 0 spiro atoms. The highest BCUT2D eigenvalue weighted by molar-refractivity contribution is 5.73. The lowest BCUT2D eigenvalue weighted by Gasteiger charge is -2.23. The SMILES string of the molecule is C=C.C=C/C(=C\C)c1ccc(C(C)(C)CC)cc1.C=CC.CC.CC. The second-order valence-electron chi connectivity index (χ2n) is 5.17. The van der Waals surface area contributed by atoms with Crippen LogP contribution < -0.4 is 0 Å². The highest BCUT2D eigenvalue weighted by Crippen LogP contribution is 2.27. The van der Waals surface area contributed by atoms with Gasteiger partial charge >= 0.3 is 0 Å². The maximum Gasteiger partial charge on any atom is -0.0106 e. The van der Waals surface area contributed by atoms with Crippen LogP contribution in [0.2, 0.25) is 0 Å². The first-order chi connectivity index (χ1) is 12.0. The van der Waals surface area contributed by atoms with Crippen LogP contribution in [-0.4, -0.2) is 0 Å². The number of allylic oxidation sites excluding steroid dienone is 4. The van der Waals surface area contributed by atoms with Crippen molar-refractivity contribution in [1.82, 2.24) is 0 Å². The predicted molar refractivity (Wildman–Crippen MR) is 123 cm³/mol. The van der Waals surface area contributed by atoms with E-state index in [1.54, 1.807) is 6.08 Å². The third kappa shape index (κ3) is 14.2. The number of benzene rings is 1. The fourth-order valence-corrected chi connectivity index (χ4v) is 1.72. The van der Waals surface area contributed by atoms with Crippen molar-refractivity contribution < 1.29 is 0 Å². The van der Waals surface area contributed by atoms with E-state index in [2.05, 4.69) is 77.4 Å². The number of hydrogen-bond donors (Lipinski definition) is 0. The summed E-state index contributed by atoms with van der Waals surface area (Å²) in [6.07, 6.45) is 6.90. The molecule has 0 radical (unpaired) electrons. The van der Waals surface area contributed by atoms with Crippen molar-refractivity contribution in [3.63, 3.8) is 0 Å². The van der Waals surface area contributed by atoms with Gasteiger partial charge in [-0.2, -0.15) is 0 Å². The van der Waals surface area contributed by atoms with E-state index >= 15 is 0 Å². The summed E-state index contributed by atoms with van der Waals surface area (Å²) in [5.41, 5.74) is 4.11. The summed E-state index contributed by atoms with van der Waals surface area (Å²) in [4.78, 5) is 0. The first-order valence-electron chi connectivity index (χ1n) is 9.43. The second-order valence-corrected chi connectivity index (χ2v) is 5.17. The van der Waals surface area contributed by atoms with Gasteiger partial charge in [-0.15, -0.1) is 19.7 Å². The molecule has 0 unspecified atom stereocenters. The van der Waals surface area contributed by atoms with Crippen molar-refractivity contribution in [3.05, 3.63) is 79.9 Å². The summed E-state index contributed by atoms with van der Waals surface area (Å²) < 4.78 is 0. The Balaban J connectivity index is -0.000000210. The highest BCUT2D eigenvalue weighted by Gasteiger charge is 2.17. The molecule has 0 aromatic heterocycles. The first kappa shape index (κ1) is 31.0. The first-order valence-corrected chi connectivity index (χ1v) is 9.43. The molecule has 1 aromatic carbocycles. The molecule has 0 aliphatic rings. The van der Waals surface area contributed by atoms with Gasteiger partial charge in [-0.1, -0.05) is 97.5 Å². The van der Waals surface area contributed by atoms with Crippen LogP contribution in [0.3, 0.4) is 0 Å². The third-order valence-electron chi connectivity index (χ3n) is 3.41. The van der Waals surface area contributed by atoms with E-state index in [0.29, 0.717) is 0 Å². The van der Waals surface area contributed by atoms with Gasteiger partial charge in [-0.3, -0.25) is 0 Å². The average Bonchev–Trinajstić information content (AvgIpc) is 2.68. The highest BCUT2D eigenvalue weighted by atomic mass is 14.2. The Labute approximate surface area is 160 Å². The van der Waals surface area contributed by atoms with Gasteiger partial charge in [0.25, 0.3) is 0 Å². The molecule has 0 atom stereocenters. The lowest BCUT2D eigenvalue weighted by Crippen LogP contribution is -2.15. The monoisotopic (exact) mass is 344 g/mol. The van der Waals surface area contributed by atoms with Gasteiger partial charge < -0.3 is 0 Å². The minimum absolute atomic E-state index is 0.267. The van der Waals surface area contributed by atoms with Gasteiger partial charge in [0.05, 0.1) is 0 Å². The van der Waals surface area contributed by atoms with Gasteiger partial charge in [0.15, 0.2) is 0 Å². The molecule has 1 rings (SSSR count). The van der Waals surface area contributed by atoms with Gasteiger partial charge in [0.1, 0.15) is 0 Å². The molecule has 144 valence electrons. The van der Waals surface area contributed by atoms with E-state index in [-0.39, 0.29) is 5.41 Å². The van der Waals surface area contributed by atoms with Crippen molar-refractivity contribution in [3.8, 4) is 0 Å². The lowest BCUT2D eigenvalue weighted by atomic mass is 9.82. The molecule has 0 fully saturated rings. The zero-order valence-electron chi connectivity index (χ0n) is 18.6. The summed E-state index contributed by atoms with van der Waals surface area (Å²) in [6, 6.07) is 8.82. The Hall–Kier alpha value is -1.82. The standard InChI is InChI=1S/C16H22.C3H6.2C2H6.C2H4/c1-6-13(7-2)14-9-11-15(12-10-14)16(4,5)8-3;1-3-2;3*1-2/h6-7,9-12H,1,8H2,2-5H3;3H,1H2,2H3;2*1-2H3;1-2H2/b13-7+;;;;. The van der Waals surface area contributed by atoms with Crippen molar-refractivity contribution in [1.29, 1.82) is 0 Å². The summed E-state index contributed by atoms with van der Waals surface area (Å²) >= 11 is 0. The van der Waals surface area contributed by atoms with E-state index in [9.17, 15) is 0 Å². The van der Waals surface area contributed by atoms with E-state index in [4.69, 9.17) is 0 Å². The largest absolute Gasteiger partial charge is 0.106 e. The minimum atomic E-state index is 0.267. The van der Waals surface area contributed by atoms with Gasteiger partial charge in [0.2, 0.25) is 0 Å². The Morgan fingerprint density at radius 1 is 0.920 bits per heavy atom. The zero-order valence-corrected chi connectivity index (χ0v) is 18.6. The van der Waals surface area contributed by atoms with Crippen molar-refractivity contribution in [2.75, 3.05) is 0 Å². The van der Waals surface area contributed by atoms with Gasteiger partial charge in [-0.05, 0) is 42.4 Å². The summed E-state index contributed by atoms with van der Waals surface area (Å²) in [7, 11) is 0. The molecule has 0 nitrogen and oxygen atoms in total. The van der Waals surface area contributed by atoms with Crippen LogP contribution in [0, 0.1) is 0 Å². The van der Waals surface area contributed by atoms with Gasteiger partial charge in [-0.25, -0.2) is 0 Å². The van der Waals surface area contributed by atoms with Crippen molar-refractivity contribution >= 4 is 5.57 Å². The summed E-state index contributed by atoms with van der Waals surface area (Å²) in [5.74, 6) is 0. The molecule has 0 saturated heterocycles. The average molecular weight is 345 g/mol. The molecular weight excluding hydrogens is 300 g/mol. The van der Waals surface area contributed by atoms with Crippen LogP contribution in [-0.2, 0) is 5.41 Å². The number of hydrogen-bond acceptors (Lipinski definition) is 0. The molecule has 0 aliphatic heterocycles. The minimum Gasteiger partial charge on any atom is -0.106 e. The predicted octanol–water partition coefficient (Wildman–Crippen LogP) is 9.01. The molecule has 0 aliphatic carbocycles. The van der Waals surface area contributed by atoms with Crippen LogP contribution >= 0.6 is 0 Å². The van der Waals surface area contributed by atoms with Crippen LogP contribution in [0.5, 0.6) is 0 Å². The lowest BCUT2D eigenvalue weighted by molar-refractivity contribution is 0.506. The topological polar surface area (TPSA) is 0 Å². The molecule has 0 bridgehead atoms. The van der Waals surface area contributed by atoms with Crippen molar-refractivity contribution in [2.24, 2.45) is 0 Å². The molecule has 0 saturated carbocycles. The van der Waals surface area contributed by atoms with Crippen LogP contribution in [0.1, 0.15) is 79.9 Å². The molecule has 0 amide bonds. The normalized spacial score (nSPS) is 9.24. The Morgan fingerprint density at radius 3 is 1.52 bits per heavy atom. The van der Waals surface area contributed by atoms with E-state index in [0.717, 1.165) is 6.42 Å². The number of rotatable bonds is 4. The summed E-state index contributed by atoms with van der Waals surface area (Å²) in [6.45, 7) is 31.9. The van der Waals surface area contributed by atoms with Crippen LogP contribution in [0.4, 0.5) is 0 Å². The van der Waals surface area contributed by atoms with Crippen LogP contribution in [0.15, 0.2) is 68.8 Å². The molecule has 0 heterocycles. The van der Waals surface area contributed by atoms with E-state index in [1.807, 2.05) is 47.6 Å². The Morgan fingerprint density at radius 2 is 1.28 bits per heavy atom. The Kier molecular flexibility index (Phi) is 27.5. The summed E-state index contributed by atoms with van der Waals surface area (Å²) in [5, 5.41) is 0. The fraction of sp³-hybridized carbons (Fsp3) is 0.440. The van der Waals surface area contributed by atoms with E-state index in [1.165, 1.54) is 16.7 Å². The quantitative estimate of drug-likeness (QED) is 0.377.